The Kier molecular flexibility index (Phi) is 3.83. The Hall–Kier alpha value is -1.02. The van der Waals surface area contributed by atoms with Crippen molar-refractivity contribution in [2.45, 2.75) is 38.7 Å². The van der Waals surface area contributed by atoms with Crippen LogP contribution < -0.4 is 5.32 Å². The summed E-state index contributed by atoms with van der Waals surface area (Å²) in [5, 5.41) is 3.46. The molecule has 1 atom stereocenters. The predicted octanol–water partition coefficient (Wildman–Crippen LogP) is 3.40. The third-order valence-corrected chi connectivity index (χ3v) is 3.11. The predicted molar refractivity (Wildman–Crippen MR) is 68.0 cm³/mol. The maximum absolute atomic E-state index is 5.59. The van der Waals surface area contributed by atoms with Crippen LogP contribution in [-0.4, -0.2) is 19.3 Å². The molecule has 0 aromatic heterocycles. The molecule has 1 saturated heterocycles. The van der Waals surface area contributed by atoms with Crippen molar-refractivity contribution in [3.8, 4) is 0 Å². The highest BCUT2D eigenvalue weighted by Gasteiger charge is 2.14. The van der Waals surface area contributed by atoms with Crippen molar-refractivity contribution in [3.05, 3.63) is 29.8 Å². The van der Waals surface area contributed by atoms with E-state index < -0.39 is 0 Å². The lowest BCUT2D eigenvalue weighted by Gasteiger charge is -2.13. The molecule has 2 rings (SSSR count). The Labute approximate surface area is 98.0 Å². The van der Waals surface area contributed by atoms with Gasteiger partial charge in [0.25, 0.3) is 0 Å². The first-order valence-electron chi connectivity index (χ1n) is 6.21. The van der Waals surface area contributed by atoms with Crippen LogP contribution >= 0.6 is 0 Å². The van der Waals surface area contributed by atoms with Gasteiger partial charge in [-0.3, -0.25) is 0 Å². The Morgan fingerprint density at radius 3 is 3.00 bits per heavy atom. The number of anilines is 1. The molecule has 1 N–H and O–H groups in total. The molecule has 0 saturated carbocycles. The van der Waals surface area contributed by atoms with Gasteiger partial charge >= 0.3 is 0 Å². The van der Waals surface area contributed by atoms with Gasteiger partial charge in [-0.15, -0.1) is 0 Å². The summed E-state index contributed by atoms with van der Waals surface area (Å²) in [5.41, 5.74) is 2.60. The zero-order chi connectivity index (χ0) is 11.4. The van der Waals surface area contributed by atoms with Gasteiger partial charge < -0.3 is 10.1 Å². The first-order valence-corrected chi connectivity index (χ1v) is 6.21. The van der Waals surface area contributed by atoms with Crippen molar-refractivity contribution in [3.63, 3.8) is 0 Å². The molecule has 88 valence electrons. The normalized spacial score (nSPS) is 20.3. The second-order valence-corrected chi connectivity index (χ2v) is 4.80. The molecule has 1 aromatic carbocycles. The average molecular weight is 219 g/mol. The Bertz CT molecular complexity index is 329. The fourth-order valence-electron chi connectivity index (χ4n) is 2.04. The van der Waals surface area contributed by atoms with E-state index in [4.69, 9.17) is 4.74 Å². The Morgan fingerprint density at radius 1 is 1.44 bits per heavy atom. The highest BCUT2D eigenvalue weighted by Crippen LogP contribution is 2.19. The third kappa shape index (κ3) is 2.99. The number of benzene rings is 1. The number of hydrogen-bond donors (Lipinski definition) is 1. The fraction of sp³-hybridized carbons (Fsp3) is 0.571. The minimum atomic E-state index is 0.405. The van der Waals surface area contributed by atoms with Crippen LogP contribution in [0.4, 0.5) is 5.69 Å². The molecule has 0 bridgehead atoms. The van der Waals surface area contributed by atoms with Crippen molar-refractivity contribution < 1.29 is 4.74 Å². The molecule has 0 aliphatic carbocycles. The molecule has 0 radical (unpaired) electrons. The standard InChI is InChI=1S/C14H21NO/c1-11(2)12-5-3-6-13(9-12)15-10-14-7-4-8-16-14/h3,5-6,9,11,14-15H,4,7-8,10H2,1-2H3. The van der Waals surface area contributed by atoms with Gasteiger partial charge in [0.2, 0.25) is 0 Å². The minimum Gasteiger partial charge on any atom is -0.382 e. The van der Waals surface area contributed by atoms with E-state index in [1.807, 2.05) is 0 Å². The van der Waals surface area contributed by atoms with Crippen molar-refractivity contribution in [1.82, 2.24) is 0 Å². The lowest BCUT2D eigenvalue weighted by Crippen LogP contribution is -2.18. The van der Waals surface area contributed by atoms with Crippen LogP contribution in [0.1, 0.15) is 38.2 Å². The van der Waals surface area contributed by atoms with Gasteiger partial charge in [-0.2, -0.15) is 0 Å². The molecule has 1 aromatic rings. The lowest BCUT2D eigenvalue weighted by molar-refractivity contribution is 0.120. The molecule has 1 aliphatic rings. The molecule has 16 heavy (non-hydrogen) atoms. The molecule has 0 spiro atoms. The van der Waals surface area contributed by atoms with E-state index in [-0.39, 0.29) is 0 Å². The van der Waals surface area contributed by atoms with E-state index in [9.17, 15) is 0 Å². The maximum Gasteiger partial charge on any atom is 0.0748 e. The summed E-state index contributed by atoms with van der Waals surface area (Å²) < 4.78 is 5.59. The van der Waals surface area contributed by atoms with Crippen molar-refractivity contribution in [2.75, 3.05) is 18.5 Å². The SMILES string of the molecule is CC(C)c1cccc(NCC2CCCO2)c1. The Morgan fingerprint density at radius 2 is 2.31 bits per heavy atom. The number of ether oxygens (including phenoxy) is 1. The summed E-state index contributed by atoms with van der Waals surface area (Å²) in [6, 6.07) is 8.66. The van der Waals surface area contributed by atoms with E-state index in [0.717, 1.165) is 13.2 Å². The van der Waals surface area contributed by atoms with Crippen molar-refractivity contribution in [2.24, 2.45) is 0 Å². The van der Waals surface area contributed by atoms with E-state index in [2.05, 4.69) is 43.4 Å². The zero-order valence-corrected chi connectivity index (χ0v) is 10.2. The second-order valence-electron chi connectivity index (χ2n) is 4.80. The molecular weight excluding hydrogens is 198 g/mol. The first kappa shape index (κ1) is 11.5. The van der Waals surface area contributed by atoms with E-state index in [1.54, 1.807) is 0 Å². The van der Waals surface area contributed by atoms with Crippen LogP contribution in [0, 0.1) is 0 Å². The molecule has 1 aliphatic heterocycles. The first-order chi connectivity index (χ1) is 7.75. The number of hydrogen-bond acceptors (Lipinski definition) is 2. The smallest absolute Gasteiger partial charge is 0.0748 e. The lowest BCUT2D eigenvalue weighted by atomic mass is 10.0. The third-order valence-electron chi connectivity index (χ3n) is 3.11. The monoisotopic (exact) mass is 219 g/mol. The van der Waals surface area contributed by atoms with Crippen molar-refractivity contribution >= 4 is 5.69 Å². The summed E-state index contributed by atoms with van der Waals surface area (Å²) >= 11 is 0. The minimum absolute atomic E-state index is 0.405. The van der Waals surface area contributed by atoms with Crippen LogP contribution in [0.15, 0.2) is 24.3 Å². The summed E-state index contributed by atoms with van der Waals surface area (Å²) in [4.78, 5) is 0. The van der Waals surface area contributed by atoms with Crippen LogP contribution in [0.2, 0.25) is 0 Å². The van der Waals surface area contributed by atoms with Crippen LogP contribution in [0.25, 0.3) is 0 Å². The fourth-order valence-corrected chi connectivity index (χ4v) is 2.04. The van der Waals surface area contributed by atoms with Crippen LogP contribution in [0.3, 0.4) is 0 Å². The highest BCUT2D eigenvalue weighted by molar-refractivity contribution is 5.46. The van der Waals surface area contributed by atoms with E-state index >= 15 is 0 Å². The molecular formula is C14H21NO. The summed E-state index contributed by atoms with van der Waals surface area (Å²) in [7, 11) is 0. The summed E-state index contributed by atoms with van der Waals surface area (Å²) in [6.07, 6.45) is 2.80. The Balaban J connectivity index is 1.90. The van der Waals surface area contributed by atoms with Crippen LogP contribution in [-0.2, 0) is 4.74 Å². The van der Waals surface area contributed by atoms with Crippen molar-refractivity contribution in [1.29, 1.82) is 0 Å². The highest BCUT2D eigenvalue weighted by atomic mass is 16.5. The average Bonchev–Trinajstić information content (AvgIpc) is 2.79. The number of nitrogens with one attached hydrogen (secondary N) is 1. The summed E-state index contributed by atoms with van der Waals surface area (Å²) in [5.74, 6) is 0.587. The quantitative estimate of drug-likeness (QED) is 0.838. The summed E-state index contributed by atoms with van der Waals surface area (Å²) in [6.45, 7) is 6.30. The molecule has 1 heterocycles. The second kappa shape index (κ2) is 5.35. The molecule has 0 amide bonds. The molecule has 1 fully saturated rings. The largest absolute Gasteiger partial charge is 0.382 e. The van der Waals surface area contributed by atoms with E-state index in [0.29, 0.717) is 12.0 Å². The van der Waals surface area contributed by atoms with E-state index in [1.165, 1.54) is 24.1 Å². The van der Waals surface area contributed by atoms with Gasteiger partial charge in [0.1, 0.15) is 0 Å². The van der Waals surface area contributed by atoms with Gasteiger partial charge in [-0.05, 0) is 36.5 Å². The van der Waals surface area contributed by atoms with Gasteiger partial charge in [0.15, 0.2) is 0 Å². The zero-order valence-electron chi connectivity index (χ0n) is 10.2. The molecule has 2 heteroatoms. The van der Waals surface area contributed by atoms with Gasteiger partial charge in [-0.1, -0.05) is 26.0 Å². The van der Waals surface area contributed by atoms with Gasteiger partial charge in [0.05, 0.1) is 6.10 Å². The molecule has 1 unspecified atom stereocenters. The number of rotatable bonds is 4. The van der Waals surface area contributed by atoms with Gasteiger partial charge in [0, 0.05) is 18.8 Å². The maximum atomic E-state index is 5.59. The topological polar surface area (TPSA) is 21.3 Å². The van der Waals surface area contributed by atoms with Gasteiger partial charge in [-0.25, -0.2) is 0 Å². The molecule has 2 nitrogen and oxygen atoms in total. The van der Waals surface area contributed by atoms with Crippen LogP contribution in [0.5, 0.6) is 0 Å².